The first-order valence-electron chi connectivity index (χ1n) is 5.66. The SMILES string of the molecule is CC(C)Nc1ccc2c(n1)NC(=O)C(C)(C)O2. The van der Waals surface area contributed by atoms with Crippen molar-refractivity contribution in [3.8, 4) is 5.75 Å². The molecule has 0 unspecified atom stereocenters. The Morgan fingerprint density at radius 3 is 2.76 bits per heavy atom. The maximum Gasteiger partial charge on any atom is 0.269 e. The molecule has 1 aliphatic heterocycles. The molecule has 2 heterocycles. The fraction of sp³-hybridized carbons (Fsp3) is 0.500. The minimum Gasteiger partial charge on any atom is -0.474 e. The molecule has 5 heteroatoms. The topological polar surface area (TPSA) is 63.2 Å². The van der Waals surface area contributed by atoms with Crippen molar-refractivity contribution in [2.45, 2.75) is 39.3 Å². The van der Waals surface area contributed by atoms with E-state index in [1.54, 1.807) is 13.8 Å². The third-order valence-electron chi connectivity index (χ3n) is 2.44. The van der Waals surface area contributed by atoms with Gasteiger partial charge >= 0.3 is 0 Å². The number of hydrogen-bond acceptors (Lipinski definition) is 4. The summed E-state index contributed by atoms with van der Waals surface area (Å²) in [6.07, 6.45) is 0. The summed E-state index contributed by atoms with van der Waals surface area (Å²) in [6, 6.07) is 3.94. The average Bonchev–Trinajstić information content (AvgIpc) is 2.19. The molecule has 0 aliphatic carbocycles. The number of aromatic nitrogens is 1. The molecule has 0 saturated heterocycles. The van der Waals surface area contributed by atoms with Crippen LogP contribution in [0.2, 0.25) is 0 Å². The first kappa shape index (κ1) is 11.7. The standard InChI is InChI=1S/C12H17N3O2/c1-7(2)13-9-6-5-8-10(14-9)15-11(16)12(3,4)17-8/h5-7H,1-4H3,(H2,13,14,15,16). The number of anilines is 2. The molecule has 1 amide bonds. The minimum atomic E-state index is -0.846. The molecule has 0 atom stereocenters. The lowest BCUT2D eigenvalue weighted by Crippen LogP contribution is -2.46. The van der Waals surface area contributed by atoms with Gasteiger partial charge in [0.15, 0.2) is 17.2 Å². The van der Waals surface area contributed by atoms with Crippen LogP contribution in [-0.2, 0) is 4.79 Å². The van der Waals surface area contributed by atoms with E-state index in [9.17, 15) is 4.79 Å². The van der Waals surface area contributed by atoms with Gasteiger partial charge in [-0.2, -0.15) is 0 Å². The highest BCUT2D eigenvalue weighted by Crippen LogP contribution is 2.32. The Kier molecular flexibility index (Phi) is 2.69. The molecule has 2 rings (SSSR count). The molecule has 5 nitrogen and oxygen atoms in total. The average molecular weight is 235 g/mol. The van der Waals surface area contributed by atoms with E-state index >= 15 is 0 Å². The number of pyridine rings is 1. The molecule has 2 N–H and O–H groups in total. The Hall–Kier alpha value is -1.78. The quantitative estimate of drug-likeness (QED) is 0.823. The van der Waals surface area contributed by atoms with Gasteiger partial charge in [0.1, 0.15) is 5.82 Å². The number of amides is 1. The third-order valence-corrected chi connectivity index (χ3v) is 2.44. The van der Waals surface area contributed by atoms with E-state index in [2.05, 4.69) is 15.6 Å². The van der Waals surface area contributed by atoms with E-state index in [4.69, 9.17) is 4.74 Å². The second kappa shape index (κ2) is 3.91. The van der Waals surface area contributed by atoms with Gasteiger partial charge in [-0.05, 0) is 39.8 Å². The summed E-state index contributed by atoms with van der Waals surface area (Å²) >= 11 is 0. The highest BCUT2D eigenvalue weighted by Gasteiger charge is 2.36. The van der Waals surface area contributed by atoms with Crippen LogP contribution in [0.15, 0.2) is 12.1 Å². The number of carbonyl (C=O) groups is 1. The summed E-state index contributed by atoms with van der Waals surface area (Å²) in [5.41, 5.74) is -0.846. The van der Waals surface area contributed by atoms with Crippen molar-refractivity contribution in [3.05, 3.63) is 12.1 Å². The van der Waals surface area contributed by atoms with Crippen molar-refractivity contribution < 1.29 is 9.53 Å². The predicted molar refractivity (Wildman–Crippen MR) is 66.3 cm³/mol. The molecule has 0 bridgehead atoms. The van der Waals surface area contributed by atoms with Crippen molar-refractivity contribution in [1.82, 2.24) is 4.98 Å². The zero-order valence-electron chi connectivity index (χ0n) is 10.5. The van der Waals surface area contributed by atoms with Crippen LogP contribution in [0, 0.1) is 0 Å². The van der Waals surface area contributed by atoms with Crippen LogP contribution in [0.4, 0.5) is 11.6 Å². The first-order valence-corrected chi connectivity index (χ1v) is 5.66. The van der Waals surface area contributed by atoms with E-state index in [0.717, 1.165) is 5.82 Å². The van der Waals surface area contributed by atoms with Gasteiger partial charge in [0, 0.05) is 6.04 Å². The molecule has 0 fully saturated rings. The number of carbonyl (C=O) groups excluding carboxylic acids is 1. The monoisotopic (exact) mass is 235 g/mol. The Labute approximate surface area is 101 Å². The normalized spacial score (nSPS) is 17.1. The summed E-state index contributed by atoms with van der Waals surface area (Å²) in [6.45, 7) is 7.51. The first-order chi connectivity index (χ1) is 7.88. The molecule has 0 saturated carbocycles. The Balaban J connectivity index is 2.29. The van der Waals surface area contributed by atoms with Gasteiger partial charge in [-0.3, -0.25) is 4.79 Å². The van der Waals surface area contributed by atoms with Crippen LogP contribution in [0.25, 0.3) is 0 Å². The van der Waals surface area contributed by atoms with Crippen LogP contribution < -0.4 is 15.4 Å². The molecular weight excluding hydrogens is 218 g/mol. The van der Waals surface area contributed by atoms with Crippen molar-refractivity contribution in [1.29, 1.82) is 0 Å². The van der Waals surface area contributed by atoms with E-state index in [1.165, 1.54) is 0 Å². The Morgan fingerprint density at radius 1 is 1.41 bits per heavy atom. The van der Waals surface area contributed by atoms with Crippen LogP contribution >= 0.6 is 0 Å². The number of fused-ring (bicyclic) bond motifs is 1. The van der Waals surface area contributed by atoms with Crippen molar-refractivity contribution in [2.24, 2.45) is 0 Å². The second-order valence-electron chi connectivity index (χ2n) is 4.91. The molecular formula is C12H17N3O2. The zero-order chi connectivity index (χ0) is 12.6. The van der Waals surface area contributed by atoms with Crippen LogP contribution in [0.3, 0.4) is 0 Å². The molecule has 0 aromatic carbocycles. The number of nitrogens with one attached hydrogen (secondary N) is 2. The maximum atomic E-state index is 11.7. The number of rotatable bonds is 2. The van der Waals surface area contributed by atoms with Gasteiger partial charge < -0.3 is 15.4 Å². The summed E-state index contributed by atoms with van der Waals surface area (Å²) in [7, 11) is 0. The minimum absolute atomic E-state index is 0.181. The second-order valence-corrected chi connectivity index (χ2v) is 4.91. The fourth-order valence-corrected chi connectivity index (χ4v) is 1.57. The molecule has 1 aliphatic rings. The van der Waals surface area contributed by atoms with Crippen LogP contribution in [0.5, 0.6) is 5.75 Å². The van der Waals surface area contributed by atoms with Gasteiger partial charge in [0.2, 0.25) is 0 Å². The van der Waals surface area contributed by atoms with Gasteiger partial charge in [-0.1, -0.05) is 0 Å². The van der Waals surface area contributed by atoms with Crippen LogP contribution in [-0.4, -0.2) is 22.5 Å². The van der Waals surface area contributed by atoms with Crippen molar-refractivity contribution in [2.75, 3.05) is 10.6 Å². The lowest BCUT2D eigenvalue weighted by Gasteiger charge is -2.31. The molecule has 92 valence electrons. The van der Waals surface area contributed by atoms with Gasteiger partial charge in [0.25, 0.3) is 5.91 Å². The van der Waals surface area contributed by atoms with E-state index in [0.29, 0.717) is 11.6 Å². The number of hydrogen-bond donors (Lipinski definition) is 2. The molecule has 0 radical (unpaired) electrons. The van der Waals surface area contributed by atoms with Crippen LogP contribution in [0.1, 0.15) is 27.7 Å². The smallest absolute Gasteiger partial charge is 0.269 e. The maximum absolute atomic E-state index is 11.7. The Bertz CT molecular complexity index is 455. The largest absolute Gasteiger partial charge is 0.474 e. The summed E-state index contributed by atoms with van der Waals surface area (Å²) in [5.74, 6) is 1.62. The molecule has 17 heavy (non-hydrogen) atoms. The summed E-state index contributed by atoms with van der Waals surface area (Å²) < 4.78 is 5.59. The third kappa shape index (κ3) is 2.33. The lowest BCUT2D eigenvalue weighted by atomic mass is 10.1. The highest BCUT2D eigenvalue weighted by molar-refractivity contribution is 5.99. The molecule has 1 aromatic heterocycles. The summed E-state index contributed by atoms with van der Waals surface area (Å²) in [4.78, 5) is 16.0. The van der Waals surface area contributed by atoms with Crippen molar-refractivity contribution in [3.63, 3.8) is 0 Å². The number of nitrogens with zero attached hydrogens (tertiary/aromatic N) is 1. The van der Waals surface area contributed by atoms with Gasteiger partial charge in [0.05, 0.1) is 0 Å². The zero-order valence-corrected chi connectivity index (χ0v) is 10.5. The number of ether oxygens (including phenoxy) is 1. The Morgan fingerprint density at radius 2 is 2.12 bits per heavy atom. The highest BCUT2D eigenvalue weighted by atomic mass is 16.5. The van der Waals surface area contributed by atoms with E-state index in [1.807, 2.05) is 26.0 Å². The molecule has 0 spiro atoms. The van der Waals surface area contributed by atoms with E-state index < -0.39 is 5.60 Å². The van der Waals surface area contributed by atoms with Crippen molar-refractivity contribution >= 4 is 17.5 Å². The van der Waals surface area contributed by atoms with Gasteiger partial charge in [-0.25, -0.2) is 4.98 Å². The summed E-state index contributed by atoms with van der Waals surface area (Å²) in [5, 5.41) is 5.92. The van der Waals surface area contributed by atoms with Gasteiger partial charge in [-0.15, -0.1) is 0 Å². The fourth-order valence-electron chi connectivity index (χ4n) is 1.57. The predicted octanol–water partition coefficient (Wildman–Crippen LogP) is 2.01. The van der Waals surface area contributed by atoms with E-state index in [-0.39, 0.29) is 11.9 Å². The molecule has 1 aromatic rings. The lowest BCUT2D eigenvalue weighted by molar-refractivity contribution is -0.129.